The van der Waals surface area contributed by atoms with E-state index in [1.54, 1.807) is 0 Å². The number of alkyl halides is 2. The van der Waals surface area contributed by atoms with Gasteiger partial charge in [0.2, 0.25) is 0 Å². The van der Waals surface area contributed by atoms with E-state index in [-0.39, 0.29) is 59.1 Å². The summed E-state index contributed by atoms with van der Waals surface area (Å²) in [6.07, 6.45) is -3.50. The molecule has 0 saturated heterocycles. The van der Waals surface area contributed by atoms with Gasteiger partial charge in [-0.25, -0.2) is 8.78 Å². The number of ether oxygens (including phenoxy) is 1. The molecule has 0 amide bonds. The van der Waals surface area contributed by atoms with Crippen LogP contribution in [0.2, 0.25) is 0 Å². The van der Waals surface area contributed by atoms with Gasteiger partial charge in [-0.2, -0.15) is 0 Å². The third kappa shape index (κ3) is 9.95. The first-order valence-corrected chi connectivity index (χ1v) is 5.32. The molecule has 0 fully saturated rings. The van der Waals surface area contributed by atoms with Gasteiger partial charge in [0.05, 0.1) is 6.10 Å². The summed E-state index contributed by atoms with van der Waals surface area (Å²) in [7, 11) is -6.10. The van der Waals surface area contributed by atoms with Gasteiger partial charge in [-0.3, -0.25) is 4.79 Å². The molecule has 0 aliphatic heterocycles. The van der Waals surface area contributed by atoms with Crippen molar-refractivity contribution in [2.75, 3.05) is 6.61 Å². The molecule has 0 heterocycles. The van der Waals surface area contributed by atoms with E-state index in [1.165, 1.54) is 0 Å². The maximum Gasteiger partial charge on any atom is 1.00 e. The van der Waals surface area contributed by atoms with Crippen molar-refractivity contribution in [3.05, 3.63) is 0 Å². The molecule has 1 atom stereocenters. The zero-order chi connectivity index (χ0) is 12.3. The molecule has 0 aliphatic rings. The minimum absolute atomic E-state index is 0. The minimum Gasteiger partial charge on any atom is -0.807 e. The van der Waals surface area contributed by atoms with Crippen LogP contribution in [0.25, 0.3) is 0 Å². The minimum atomic E-state index is -6.10. The molecule has 6 nitrogen and oxygen atoms in total. The summed E-state index contributed by atoms with van der Waals surface area (Å²) in [6.45, 7) is 0.196. The van der Waals surface area contributed by atoms with Crippen molar-refractivity contribution in [3.63, 3.8) is 0 Å². The van der Waals surface area contributed by atoms with Crippen molar-refractivity contribution in [2.45, 2.75) is 25.1 Å². The van der Waals surface area contributed by atoms with Crippen LogP contribution in [0.3, 0.4) is 0 Å². The van der Waals surface area contributed by atoms with E-state index in [9.17, 15) is 27.9 Å². The van der Waals surface area contributed by atoms with E-state index in [0.717, 1.165) is 6.92 Å². The number of hydrogen-bond donors (Lipinski definition) is 1. The summed E-state index contributed by atoms with van der Waals surface area (Å²) in [4.78, 5) is 30.3. The van der Waals surface area contributed by atoms with Gasteiger partial charge >= 0.3 is 65.1 Å². The van der Waals surface area contributed by atoms with Crippen LogP contribution in [0, 0.1) is 0 Å². The number of hydrogen-bond acceptors (Lipinski definition) is 6. The predicted octanol–water partition coefficient (Wildman–Crippen LogP) is -7.18. The van der Waals surface area contributed by atoms with Gasteiger partial charge in [-0.05, 0) is 0 Å². The largest absolute Gasteiger partial charge is 1.00 e. The maximum absolute atomic E-state index is 12.5. The summed E-state index contributed by atoms with van der Waals surface area (Å²) < 4.78 is 39.2. The smallest absolute Gasteiger partial charge is 0.807 e. The van der Waals surface area contributed by atoms with Crippen LogP contribution < -0.4 is 68.9 Å². The molecule has 0 aromatic rings. The number of esters is 1. The summed E-state index contributed by atoms with van der Waals surface area (Å²) >= 11 is 0. The Hall–Kier alpha value is 1.44. The van der Waals surface area contributed by atoms with Gasteiger partial charge in [0.25, 0.3) is 5.66 Å². The fourth-order valence-corrected chi connectivity index (χ4v) is 1.10. The Morgan fingerprint density at radius 1 is 1.47 bits per heavy atom. The molecule has 17 heavy (non-hydrogen) atoms. The van der Waals surface area contributed by atoms with Crippen LogP contribution >= 0.6 is 7.60 Å². The number of carbonyl (C=O) groups excluding carboxylic acids is 1. The van der Waals surface area contributed by atoms with Gasteiger partial charge in [0.1, 0.15) is 6.61 Å². The van der Waals surface area contributed by atoms with E-state index < -0.39 is 38.4 Å². The van der Waals surface area contributed by atoms with Gasteiger partial charge in [0, 0.05) is 20.9 Å². The second-order valence-corrected chi connectivity index (χ2v) is 4.47. The third-order valence-electron chi connectivity index (χ3n) is 1.36. The molecule has 0 rings (SSSR count). The maximum atomic E-state index is 12.5. The van der Waals surface area contributed by atoms with Crippen LogP contribution in [-0.2, 0) is 14.1 Å². The van der Waals surface area contributed by atoms with Crippen molar-refractivity contribution in [3.8, 4) is 0 Å². The van der Waals surface area contributed by atoms with Crippen molar-refractivity contribution in [1.82, 2.24) is 0 Å². The number of aliphatic hydroxyl groups is 1. The van der Waals surface area contributed by atoms with Crippen LogP contribution in [-0.4, -0.2) is 29.5 Å². The third-order valence-corrected chi connectivity index (χ3v) is 2.34. The molecule has 0 aromatic carbocycles. The Morgan fingerprint density at radius 2 is 1.88 bits per heavy atom. The molecule has 0 unspecified atom stereocenters. The average Bonchev–Trinajstić information content (AvgIpc) is 1.97. The fourth-order valence-electron chi connectivity index (χ4n) is 0.668. The van der Waals surface area contributed by atoms with E-state index in [1.807, 2.05) is 0 Å². The summed E-state index contributed by atoms with van der Waals surface area (Å²) in [5, 5.41) is 8.84. The first-order valence-electron chi connectivity index (χ1n) is 3.77. The van der Waals surface area contributed by atoms with Crippen molar-refractivity contribution >= 4 is 13.6 Å². The number of halogens is 2. The predicted molar refractivity (Wildman–Crippen MR) is 39.8 cm³/mol. The van der Waals surface area contributed by atoms with Crippen molar-refractivity contribution < 1.29 is 96.9 Å². The molecular weight excluding hydrogens is 283 g/mol. The zero-order valence-corrected chi connectivity index (χ0v) is 14.6. The second kappa shape index (κ2) is 9.36. The number of aliphatic hydroxyl groups excluding tert-OH is 1. The molecule has 0 radical (unpaired) electrons. The van der Waals surface area contributed by atoms with E-state index in [2.05, 4.69) is 4.74 Å². The summed E-state index contributed by atoms with van der Waals surface area (Å²) in [6, 6.07) is 0. The van der Waals surface area contributed by atoms with E-state index >= 15 is 0 Å². The first-order chi connectivity index (χ1) is 6.56. The van der Waals surface area contributed by atoms with Crippen LogP contribution in [0.15, 0.2) is 0 Å². The van der Waals surface area contributed by atoms with Crippen LogP contribution in [0.4, 0.5) is 8.78 Å². The topological polar surface area (TPSA) is 110 Å². The summed E-state index contributed by atoms with van der Waals surface area (Å²) in [5.41, 5.74) is -4.55. The molecule has 0 saturated carbocycles. The first kappa shape index (κ1) is 23.5. The van der Waals surface area contributed by atoms with E-state index in [4.69, 9.17) is 5.11 Å². The quantitative estimate of drug-likeness (QED) is 0.306. The number of rotatable bonds is 5. The van der Waals surface area contributed by atoms with Crippen LogP contribution in [0.5, 0.6) is 0 Å². The van der Waals surface area contributed by atoms with Gasteiger partial charge in [0.15, 0.2) is 0 Å². The zero-order valence-electron chi connectivity index (χ0n) is 9.68. The molecule has 1 N–H and O–H groups in total. The Labute approximate surface area is 141 Å². The van der Waals surface area contributed by atoms with Crippen molar-refractivity contribution in [1.29, 1.82) is 0 Å². The van der Waals surface area contributed by atoms with Gasteiger partial charge < -0.3 is 24.2 Å². The SMILES string of the molecule is CC(=O)OC[C@H](O)CC(F)(F)P(=O)([O-])[O-].[Na+].[Na+]. The Balaban J connectivity index is -0.000000980. The number of carbonyl (C=O) groups is 1. The summed E-state index contributed by atoms with van der Waals surface area (Å²) in [5.74, 6) is -0.815. The second-order valence-electron chi connectivity index (χ2n) is 2.82. The fraction of sp³-hybridized carbons (Fsp3) is 0.833. The Bertz CT molecular complexity index is 284. The molecule has 0 aromatic heterocycles. The molecule has 90 valence electrons. The molecule has 11 heteroatoms. The average molecular weight is 292 g/mol. The Kier molecular flexibility index (Phi) is 13.0. The standard InChI is InChI=1S/C6H11F2O6P.2Na/c1-4(9)14-3-5(10)2-6(7,8)15(11,12)13;;/h5,10H,2-3H2,1H3,(H2,11,12,13);;/q;2*+1/p-2/t5-;;/m1../s1. The van der Waals surface area contributed by atoms with E-state index in [0.29, 0.717) is 0 Å². The Morgan fingerprint density at radius 3 is 2.18 bits per heavy atom. The molecule has 0 aliphatic carbocycles. The molecule has 0 bridgehead atoms. The monoisotopic (exact) mass is 292 g/mol. The van der Waals surface area contributed by atoms with Gasteiger partial charge in [-0.15, -0.1) is 0 Å². The van der Waals surface area contributed by atoms with Gasteiger partial charge in [-0.1, -0.05) is 0 Å². The van der Waals surface area contributed by atoms with Crippen molar-refractivity contribution in [2.24, 2.45) is 0 Å². The molecule has 0 spiro atoms. The van der Waals surface area contributed by atoms with Crippen LogP contribution in [0.1, 0.15) is 13.3 Å². The molecular formula is C6H9F2Na2O6P. The normalized spacial score (nSPS) is 13.1.